The van der Waals surface area contributed by atoms with Gasteiger partial charge in [-0.1, -0.05) is 23.7 Å². The van der Waals surface area contributed by atoms with Crippen LogP contribution in [0.3, 0.4) is 0 Å². The summed E-state index contributed by atoms with van der Waals surface area (Å²) < 4.78 is 0. The van der Waals surface area contributed by atoms with E-state index in [1.54, 1.807) is 29.7 Å². The number of amidine groups is 1. The zero-order valence-corrected chi connectivity index (χ0v) is 9.21. The highest BCUT2D eigenvalue weighted by Gasteiger charge is 2.04. The Morgan fingerprint density at radius 1 is 1.38 bits per heavy atom. The van der Waals surface area contributed by atoms with Crippen LogP contribution in [0.5, 0.6) is 0 Å². The van der Waals surface area contributed by atoms with Crippen molar-refractivity contribution in [1.82, 2.24) is 10.8 Å². The standard InChI is InChI=1S/C10H12ClN3O2/c11-8-3-1-7(2-4-8)6-13-10(15)5-9(12)14-16/h1-4,16H,5-6H2,(H2,12,14)(H,13,15). The van der Waals surface area contributed by atoms with E-state index in [-0.39, 0.29) is 18.2 Å². The molecule has 0 bridgehead atoms. The molecular weight excluding hydrogens is 230 g/mol. The van der Waals surface area contributed by atoms with Crippen LogP contribution in [-0.2, 0) is 11.3 Å². The lowest BCUT2D eigenvalue weighted by Crippen LogP contribution is -2.29. The Labute approximate surface area is 97.9 Å². The van der Waals surface area contributed by atoms with E-state index in [0.29, 0.717) is 11.6 Å². The van der Waals surface area contributed by atoms with Crippen LogP contribution in [0, 0.1) is 5.41 Å². The Balaban J connectivity index is 2.37. The van der Waals surface area contributed by atoms with Crippen LogP contribution < -0.4 is 10.8 Å². The van der Waals surface area contributed by atoms with Crippen molar-refractivity contribution in [2.45, 2.75) is 13.0 Å². The maximum atomic E-state index is 11.2. The van der Waals surface area contributed by atoms with E-state index in [1.165, 1.54) is 0 Å². The first-order valence-corrected chi connectivity index (χ1v) is 4.98. The Kier molecular flexibility index (Phi) is 4.75. The third-order valence-electron chi connectivity index (χ3n) is 1.88. The SMILES string of the molecule is N=C(CC(=O)NCc1ccc(Cl)cc1)NO. The van der Waals surface area contributed by atoms with E-state index in [1.807, 2.05) is 0 Å². The normalized spacial score (nSPS) is 9.62. The Morgan fingerprint density at radius 2 is 2.00 bits per heavy atom. The summed E-state index contributed by atoms with van der Waals surface area (Å²) >= 11 is 5.71. The Morgan fingerprint density at radius 3 is 2.56 bits per heavy atom. The van der Waals surface area contributed by atoms with Crippen molar-refractivity contribution in [3.05, 3.63) is 34.9 Å². The van der Waals surface area contributed by atoms with Crippen LogP contribution in [0.4, 0.5) is 0 Å². The van der Waals surface area contributed by atoms with Crippen molar-refractivity contribution < 1.29 is 10.0 Å². The molecule has 86 valence electrons. The number of benzene rings is 1. The van der Waals surface area contributed by atoms with Crippen molar-refractivity contribution >= 4 is 23.3 Å². The largest absolute Gasteiger partial charge is 0.352 e. The lowest BCUT2D eigenvalue weighted by molar-refractivity contribution is -0.120. The van der Waals surface area contributed by atoms with Gasteiger partial charge in [-0.3, -0.25) is 20.9 Å². The Hall–Kier alpha value is -1.59. The molecule has 0 saturated heterocycles. The first-order chi connectivity index (χ1) is 7.61. The summed E-state index contributed by atoms with van der Waals surface area (Å²) in [5.74, 6) is -0.574. The molecule has 5 nitrogen and oxygen atoms in total. The van der Waals surface area contributed by atoms with Crippen LogP contribution in [0.1, 0.15) is 12.0 Å². The van der Waals surface area contributed by atoms with Gasteiger partial charge in [-0.15, -0.1) is 0 Å². The first-order valence-electron chi connectivity index (χ1n) is 4.60. The van der Waals surface area contributed by atoms with Gasteiger partial charge in [0, 0.05) is 11.6 Å². The summed E-state index contributed by atoms with van der Waals surface area (Å²) in [6.45, 7) is 0.370. The molecule has 0 heterocycles. The zero-order chi connectivity index (χ0) is 12.0. The lowest BCUT2D eigenvalue weighted by atomic mass is 10.2. The quantitative estimate of drug-likeness (QED) is 0.364. The molecule has 0 spiro atoms. The number of halogens is 1. The fraction of sp³-hybridized carbons (Fsp3) is 0.200. The molecule has 0 atom stereocenters. The molecule has 0 aliphatic rings. The minimum atomic E-state index is -0.332. The van der Waals surface area contributed by atoms with Crippen LogP contribution in [0.2, 0.25) is 5.02 Å². The molecule has 0 aliphatic heterocycles. The zero-order valence-electron chi connectivity index (χ0n) is 8.46. The molecule has 0 aromatic heterocycles. The van der Waals surface area contributed by atoms with Crippen LogP contribution >= 0.6 is 11.6 Å². The maximum Gasteiger partial charge on any atom is 0.227 e. The topological polar surface area (TPSA) is 85.2 Å². The predicted octanol–water partition coefficient (Wildman–Crippen LogP) is 1.30. The minimum absolute atomic E-state index is 0.176. The molecule has 0 fully saturated rings. The fourth-order valence-corrected chi connectivity index (χ4v) is 1.19. The number of nitrogens with one attached hydrogen (secondary N) is 3. The third-order valence-corrected chi connectivity index (χ3v) is 2.13. The number of hydrogen-bond acceptors (Lipinski definition) is 3. The molecule has 1 aromatic rings. The fourth-order valence-electron chi connectivity index (χ4n) is 1.07. The summed E-state index contributed by atoms with van der Waals surface area (Å²) in [6, 6.07) is 7.08. The molecule has 0 radical (unpaired) electrons. The second kappa shape index (κ2) is 6.09. The second-order valence-electron chi connectivity index (χ2n) is 3.17. The molecular formula is C10H12ClN3O2. The highest BCUT2D eigenvalue weighted by Crippen LogP contribution is 2.08. The first kappa shape index (κ1) is 12.5. The van der Waals surface area contributed by atoms with Gasteiger partial charge in [-0.05, 0) is 17.7 Å². The number of rotatable bonds is 4. The van der Waals surface area contributed by atoms with Gasteiger partial charge in [0.2, 0.25) is 5.91 Å². The molecule has 1 rings (SSSR count). The van der Waals surface area contributed by atoms with E-state index >= 15 is 0 Å². The van der Waals surface area contributed by atoms with Crippen LogP contribution in [0.15, 0.2) is 24.3 Å². The van der Waals surface area contributed by atoms with E-state index < -0.39 is 0 Å². The lowest BCUT2D eigenvalue weighted by Gasteiger charge is -2.05. The van der Waals surface area contributed by atoms with E-state index in [0.717, 1.165) is 5.56 Å². The minimum Gasteiger partial charge on any atom is -0.352 e. The predicted molar refractivity (Wildman–Crippen MR) is 60.6 cm³/mol. The summed E-state index contributed by atoms with van der Waals surface area (Å²) in [7, 11) is 0. The maximum absolute atomic E-state index is 11.2. The van der Waals surface area contributed by atoms with Gasteiger partial charge in [0.1, 0.15) is 5.84 Å². The van der Waals surface area contributed by atoms with Crippen molar-refractivity contribution in [3.63, 3.8) is 0 Å². The number of carbonyl (C=O) groups excluding carboxylic acids is 1. The summed E-state index contributed by atoms with van der Waals surface area (Å²) in [4.78, 5) is 11.2. The van der Waals surface area contributed by atoms with Gasteiger partial charge in [-0.2, -0.15) is 0 Å². The molecule has 0 aliphatic carbocycles. The molecule has 0 unspecified atom stereocenters. The highest BCUT2D eigenvalue weighted by atomic mass is 35.5. The summed E-state index contributed by atoms with van der Waals surface area (Å²) in [6.07, 6.45) is -0.176. The van der Waals surface area contributed by atoms with Crippen molar-refractivity contribution in [2.75, 3.05) is 0 Å². The average molecular weight is 242 g/mol. The molecule has 16 heavy (non-hydrogen) atoms. The van der Waals surface area contributed by atoms with Gasteiger partial charge in [0.05, 0.1) is 6.42 Å². The molecule has 6 heteroatoms. The van der Waals surface area contributed by atoms with Crippen molar-refractivity contribution in [1.29, 1.82) is 5.41 Å². The van der Waals surface area contributed by atoms with Crippen LogP contribution in [-0.4, -0.2) is 17.0 Å². The molecule has 0 saturated carbocycles. The van der Waals surface area contributed by atoms with E-state index in [2.05, 4.69) is 5.32 Å². The van der Waals surface area contributed by atoms with E-state index in [4.69, 9.17) is 22.2 Å². The summed E-state index contributed by atoms with van der Waals surface area (Å²) in [5.41, 5.74) is 2.52. The Bertz CT molecular complexity index is 378. The number of hydroxylamine groups is 1. The number of carbonyl (C=O) groups is 1. The smallest absolute Gasteiger partial charge is 0.227 e. The van der Waals surface area contributed by atoms with Gasteiger partial charge in [0.15, 0.2) is 0 Å². The van der Waals surface area contributed by atoms with Gasteiger partial charge in [0.25, 0.3) is 0 Å². The third kappa shape index (κ3) is 4.29. The van der Waals surface area contributed by atoms with Gasteiger partial charge >= 0.3 is 0 Å². The molecule has 1 aromatic carbocycles. The number of amides is 1. The van der Waals surface area contributed by atoms with Gasteiger partial charge < -0.3 is 5.32 Å². The van der Waals surface area contributed by atoms with Crippen LogP contribution in [0.25, 0.3) is 0 Å². The van der Waals surface area contributed by atoms with Crippen molar-refractivity contribution in [3.8, 4) is 0 Å². The highest BCUT2D eigenvalue weighted by molar-refractivity contribution is 6.30. The molecule has 1 amide bonds. The van der Waals surface area contributed by atoms with Crippen molar-refractivity contribution in [2.24, 2.45) is 0 Å². The van der Waals surface area contributed by atoms with Gasteiger partial charge in [-0.25, -0.2) is 0 Å². The molecule has 4 N–H and O–H groups in total. The second-order valence-corrected chi connectivity index (χ2v) is 3.61. The average Bonchev–Trinajstić information content (AvgIpc) is 2.28. The summed E-state index contributed by atoms with van der Waals surface area (Å²) in [5, 5.41) is 18.6. The monoisotopic (exact) mass is 241 g/mol. The van der Waals surface area contributed by atoms with E-state index in [9.17, 15) is 4.79 Å². The number of hydrogen-bond donors (Lipinski definition) is 4.